The highest BCUT2D eigenvalue weighted by atomic mass is 79.9. The van der Waals surface area contributed by atoms with Crippen LogP contribution in [0.25, 0.3) is 0 Å². The van der Waals surface area contributed by atoms with Crippen molar-refractivity contribution in [1.82, 2.24) is 0 Å². The lowest BCUT2D eigenvalue weighted by Gasteiger charge is -2.09. The van der Waals surface area contributed by atoms with Crippen molar-refractivity contribution in [3.8, 4) is 5.75 Å². The largest absolute Gasteiger partial charge is 0.487 e. The van der Waals surface area contributed by atoms with E-state index in [0.29, 0.717) is 18.6 Å². The predicted octanol–water partition coefficient (Wildman–Crippen LogP) is 3.74. The fourth-order valence-electron chi connectivity index (χ4n) is 1.66. The van der Waals surface area contributed by atoms with Gasteiger partial charge in [0.25, 0.3) is 0 Å². The second kappa shape index (κ2) is 7.23. The van der Waals surface area contributed by atoms with Gasteiger partial charge in [0.1, 0.15) is 0 Å². The molecule has 6 heteroatoms. The number of hydrogen-bond donors (Lipinski definition) is 0. The second-order valence-corrected chi connectivity index (χ2v) is 5.10. The van der Waals surface area contributed by atoms with E-state index in [0.717, 1.165) is 6.42 Å². The normalized spacial score (nSPS) is 11.9. The highest BCUT2D eigenvalue weighted by molar-refractivity contribution is 9.10. The van der Waals surface area contributed by atoms with Gasteiger partial charge >= 0.3 is 5.69 Å². The maximum Gasteiger partial charge on any atom is 0.311 e. The number of ether oxygens (including phenoxy) is 1. The number of carbonyl (C=O) groups is 1. The molecule has 104 valence electrons. The zero-order valence-electron chi connectivity index (χ0n) is 10.9. The predicted molar refractivity (Wildman–Crippen MR) is 76.2 cm³/mol. The Kier molecular flexibility index (Phi) is 5.95. The highest BCUT2D eigenvalue weighted by Gasteiger charge is 2.21. The summed E-state index contributed by atoms with van der Waals surface area (Å²) in [6, 6.07) is 4.31. The summed E-state index contributed by atoms with van der Waals surface area (Å²) in [5, 5.41) is 11.0. The molecule has 1 unspecified atom stereocenters. The summed E-state index contributed by atoms with van der Waals surface area (Å²) in [7, 11) is 0. The lowest BCUT2D eigenvalue weighted by atomic mass is 10.0. The molecule has 1 aromatic carbocycles. The van der Waals surface area contributed by atoms with Gasteiger partial charge in [0, 0.05) is 11.6 Å². The molecule has 0 radical (unpaired) electrons. The van der Waals surface area contributed by atoms with Crippen LogP contribution in [-0.2, 0) is 0 Å². The molecule has 0 bridgehead atoms. The van der Waals surface area contributed by atoms with Gasteiger partial charge in [-0.2, -0.15) is 0 Å². The first-order valence-electron chi connectivity index (χ1n) is 6.10. The van der Waals surface area contributed by atoms with Crippen LogP contribution in [0.15, 0.2) is 18.2 Å². The summed E-state index contributed by atoms with van der Waals surface area (Å²) < 4.78 is 5.18. The van der Waals surface area contributed by atoms with E-state index in [4.69, 9.17) is 4.74 Å². The molecule has 0 saturated heterocycles. The van der Waals surface area contributed by atoms with Crippen molar-refractivity contribution >= 4 is 27.4 Å². The van der Waals surface area contributed by atoms with Gasteiger partial charge in [0.05, 0.1) is 16.4 Å². The third kappa shape index (κ3) is 4.02. The molecule has 0 aliphatic carbocycles. The first kappa shape index (κ1) is 15.6. The number of carbonyl (C=O) groups excluding carboxylic acids is 1. The Balaban J connectivity index is 3.07. The number of halogens is 1. The molecule has 1 rings (SSSR count). The lowest BCUT2D eigenvalue weighted by molar-refractivity contribution is -0.385. The topological polar surface area (TPSA) is 69.4 Å². The number of benzene rings is 1. The third-order valence-electron chi connectivity index (χ3n) is 2.57. The SMILES string of the molecule is CCCC(Br)C(=O)c1ccc(OCC)c([N+](=O)[O-])c1. The Bertz CT molecular complexity index is 476. The number of nitrogens with zero attached hydrogens (tertiary/aromatic N) is 1. The van der Waals surface area contributed by atoms with Crippen LogP contribution in [0.3, 0.4) is 0 Å². The minimum atomic E-state index is -0.537. The average Bonchev–Trinajstić information content (AvgIpc) is 2.38. The summed E-state index contributed by atoms with van der Waals surface area (Å²) in [4.78, 5) is 22.2. The van der Waals surface area contributed by atoms with Gasteiger partial charge in [-0.1, -0.05) is 29.3 Å². The van der Waals surface area contributed by atoms with Gasteiger partial charge < -0.3 is 4.74 Å². The van der Waals surface area contributed by atoms with Crippen molar-refractivity contribution < 1.29 is 14.5 Å². The molecule has 0 fully saturated rings. The zero-order valence-corrected chi connectivity index (χ0v) is 12.5. The van der Waals surface area contributed by atoms with Crippen molar-refractivity contribution in [2.24, 2.45) is 0 Å². The summed E-state index contributed by atoms with van der Waals surface area (Å²) >= 11 is 3.30. The van der Waals surface area contributed by atoms with Crippen LogP contribution in [0, 0.1) is 10.1 Å². The molecular formula is C13H16BrNO4. The Hall–Kier alpha value is -1.43. The third-order valence-corrected chi connectivity index (χ3v) is 3.44. The van der Waals surface area contributed by atoms with Crippen LogP contribution in [0.5, 0.6) is 5.75 Å². The molecule has 5 nitrogen and oxygen atoms in total. The molecule has 1 aromatic rings. The first-order valence-corrected chi connectivity index (χ1v) is 7.02. The van der Waals surface area contributed by atoms with E-state index < -0.39 is 4.92 Å². The van der Waals surface area contributed by atoms with E-state index in [2.05, 4.69) is 15.9 Å². The molecule has 1 atom stereocenters. The van der Waals surface area contributed by atoms with Gasteiger partial charge in [-0.25, -0.2) is 0 Å². The van der Waals surface area contributed by atoms with Crippen LogP contribution in [0.1, 0.15) is 37.0 Å². The number of hydrogen-bond acceptors (Lipinski definition) is 4. The van der Waals surface area contributed by atoms with Gasteiger partial charge in [-0.05, 0) is 25.5 Å². The zero-order chi connectivity index (χ0) is 14.4. The number of nitro benzene ring substituents is 1. The number of ketones is 1. The fraction of sp³-hybridized carbons (Fsp3) is 0.462. The fourth-order valence-corrected chi connectivity index (χ4v) is 2.38. The van der Waals surface area contributed by atoms with E-state index in [9.17, 15) is 14.9 Å². The maximum absolute atomic E-state index is 12.1. The van der Waals surface area contributed by atoms with Gasteiger partial charge in [0.15, 0.2) is 11.5 Å². The molecule has 0 saturated carbocycles. The van der Waals surface area contributed by atoms with E-state index in [1.165, 1.54) is 12.1 Å². The average molecular weight is 330 g/mol. The Morgan fingerprint density at radius 1 is 1.47 bits per heavy atom. The Labute approximate surface area is 120 Å². The van der Waals surface area contributed by atoms with Crippen LogP contribution in [0.2, 0.25) is 0 Å². The standard InChI is InChI=1S/C13H16BrNO4/c1-3-5-10(14)13(16)9-6-7-12(19-4-2)11(8-9)15(17)18/h6-8,10H,3-5H2,1-2H3. The van der Waals surface area contributed by atoms with Gasteiger partial charge in [-0.15, -0.1) is 0 Å². The van der Waals surface area contributed by atoms with E-state index in [1.807, 2.05) is 6.92 Å². The summed E-state index contributed by atoms with van der Waals surface area (Å²) in [6.07, 6.45) is 1.56. The first-order chi connectivity index (χ1) is 9.01. The smallest absolute Gasteiger partial charge is 0.311 e. The number of Topliss-reactive ketones (excluding diaryl/α,β-unsaturated/α-hetero) is 1. The minimum Gasteiger partial charge on any atom is -0.487 e. The van der Waals surface area contributed by atoms with Crippen molar-refractivity contribution in [3.63, 3.8) is 0 Å². The van der Waals surface area contributed by atoms with E-state index in [-0.39, 0.29) is 22.0 Å². The summed E-state index contributed by atoms with van der Waals surface area (Å²) in [6.45, 7) is 4.06. The maximum atomic E-state index is 12.1. The van der Waals surface area contributed by atoms with Crippen molar-refractivity contribution in [3.05, 3.63) is 33.9 Å². The molecule has 0 aromatic heterocycles. The molecule has 0 N–H and O–H groups in total. The molecule has 0 heterocycles. The number of alkyl halides is 1. The van der Waals surface area contributed by atoms with Gasteiger partial charge in [0.2, 0.25) is 0 Å². The van der Waals surface area contributed by atoms with Crippen molar-refractivity contribution in [1.29, 1.82) is 0 Å². The van der Waals surface area contributed by atoms with Gasteiger partial charge in [-0.3, -0.25) is 14.9 Å². The highest BCUT2D eigenvalue weighted by Crippen LogP contribution is 2.29. The molecule has 0 aliphatic rings. The molecule has 0 spiro atoms. The Morgan fingerprint density at radius 3 is 2.68 bits per heavy atom. The van der Waals surface area contributed by atoms with Crippen LogP contribution in [-0.4, -0.2) is 22.1 Å². The van der Waals surface area contributed by atoms with Crippen LogP contribution < -0.4 is 4.74 Å². The van der Waals surface area contributed by atoms with Crippen molar-refractivity contribution in [2.45, 2.75) is 31.5 Å². The minimum absolute atomic E-state index is 0.145. The lowest BCUT2D eigenvalue weighted by Crippen LogP contribution is -2.14. The molecular weight excluding hydrogens is 314 g/mol. The number of rotatable bonds is 7. The van der Waals surface area contributed by atoms with Crippen molar-refractivity contribution in [2.75, 3.05) is 6.61 Å². The Morgan fingerprint density at radius 2 is 2.16 bits per heavy atom. The van der Waals surface area contributed by atoms with Crippen LogP contribution in [0.4, 0.5) is 5.69 Å². The monoisotopic (exact) mass is 329 g/mol. The second-order valence-electron chi connectivity index (χ2n) is 3.99. The number of nitro groups is 1. The quantitative estimate of drug-likeness (QED) is 0.330. The molecule has 0 aliphatic heterocycles. The summed E-state index contributed by atoms with van der Waals surface area (Å²) in [5.41, 5.74) is 0.148. The van der Waals surface area contributed by atoms with Crippen LogP contribution >= 0.6 is 15.9 Å². The van der Waals surface area contributed by atoms with E-state index in [1.54, 1.807) is 13.0 Å². The summed E-state index contributed by atoms with van der Waals surface area (Å²) in [5.74, 6) is 0.0404. The van der Waals surface area contributed by atoms with E-state index >= 15 is 0 Å². The molecule has 19 heavy (non-hydrogen) atoms. The molecule has 0 amide bonds.